The second-order valence-electron chi connectivity index (χ2n) is 1.66. The molecule has 0 aliphatic carbocycles. The Morgan fingerprint density at radius 1 is 1.17 bits per heavy atom. The fourth-order valence-corrected chi connectivity index (χ4v) is 0.410. The number of carbonyl (C=O) groups is 1. The minimum absolute atomic E-state index is 0.715. The third-order valence-electron chi connectivity index (χ3n) is 0.835. The Kier molecular flexibility index (Phi) is 13.6. The lowest BCUT2D eigenvalue weighted by molar-refractivity contribution is -0.104. The lowest BCUT2D eigenvalue weighted by Gasteiger charge is -1.82. The Morgan fingerprint density at radius 2 is 1.67 bits per heavy atom. The Labute approximate surface area is 74.8 Å². The van der Waals surface area contributed by atoms with Gasteiger partial charge in [-0.2, -0.15) is 0 Å². The smallest absolute Gasteiger partial charge is 0.142 e. The Morgan fingerprint density at radius 3 is 2.08 bits per heavy atom. The highest BCUT2D eigenvalue weighted by Crippen LogP contribution is 1.93. The average Bonchev–Trinajstić information content (AvgIpc) is 2.14. The quantitative estimate of drug-likeness (QED) is 0.354. The first-order valence-electron chi connectivity index (χ1n) is 3.91. The van der Waals surface area contributed by atoms with E-state index < -0.39 is 0 Å². The van der Waals surface area contributed by atoms with E-state index in [2.05, 4.69) is 13.2 Å². The molecule has 0 aromatic rings. The van der Waals surface area contributed by atoms with E-state index in [4.69, 9.17) is 0 Å². The number of carbonyl (C=O) groups excluding carboxylic acids is 1. The van der Waals surface area contributed by atoms with Crippen molar-refractivity contribution in [2.45, 2.75) is 13.8 Å². The van der Waals surface area contributed by atoms with Gasteiger partial charge >= 0.3 is 0 Å². The molecule has 0 aromatic heterocycles. The number of rotatable bonds is 4. The minimum atomic E-state index is 0.715. The van der Waals surface area contributed by atoms with Crippen LogP contribution in [0.2, 0.25) is 0 Å². The van der Waals surface area contributed by atoms with E-state index in [9.17, 15) is 4.79 Å². The first kappa shape index (κ1) is 13.2. The molecule has 0 radical (unpaired) electrons. The molecule has 0 aromatic carbocycles. The van der Waals surface area contributed by atoms with Crippen LogP contribution in [0.1, 0.15) is 13.8 Å². The van der Waals surface area contributed by atoms with Crippen LogP contribution in [0.15, 0.2) is 49.1 Å². The molecule has 0 atom stereocenters. The summed E-state index contributed by atoms with van der Waals surface area (Å²) in [6.07, 6.45) is 8.93. The van der Waals surface area contributed by atoms with Crippen LogP contribution in [0.25, 0.3) is 0 Å². The first-order chi connectivity index (χ1) is 5.81. The van der Waals surface area contributed by atoms with E-state index in [0.717, 1.165) is 5.57 Å². The van der Waals surface area contributed by atoms with Gasteiger partial charge in [-0.3, -0.25) is 4.79 Å². The van der Waals surface area contributed by atoms with Gasteiger partial charge in [0, 0.05) is 0 Å². The SMILES string of the molecule is C=C/C=C\C(=C)/C=C/C=O.CC. The van der Waals surface area contributed by atoms with Crippen LogP contribution in [0.5, 0.6) is 0 Å². The van der Waals surface area contributed by atoms with E-state index in [1.54, 1.807) is 24.3 Å². The van der Waals surface area contributed by atoms with Crippen molar-refractivity contribution in [1.29, 1.82) is 0 Å². The largest absolute Gasteiger partial charge is 0.299 e. The van der Waals surface area contributed by atoms with Crippen LogP contribution in [0, 0.1) is 0 Å². The van der Waals surface area contributed by atoms with Gasteiger partial charge in [0.05, 0.1) is 0 Å². The molecule has 12 heavy (non-hydrogen) atoms. The number of hydrogen-bond acceptors (Lipinski definition) is 1. The van der Waals surface area contributed by atoms with Gasteiger partial charge in [0.2, 0.25) is 0 Å². The molecular formula is C11H16O. The summed E-state index contributed by atoms with van der Waals surface area (Å²) >= 11 is 0. The maximum absolute atomic E-state index is 9.81. The lowest BCUT2D eigenvalue weighted by atomic mass is 10.2. The van der Waals surface area contributed by atoms with Crippen LogP contribution in [0.3, 0.4) is 0 Å². The average molecular weight is 164 g/mol. The van der Waals surface area contributed by atoms with Gasteiger partial charge in [-0.1, -0.05) is 51.3 Å². The summed E-state index contributed by atoms with van der Waals surface area (Å²) in [5.74, 6) is 0. The van der Waals surface area contributed by atoms with Gasteiger partial charge < -0.3 is 0 Å². The van der Waals surface area contributed by atoms with Gasteiger partial charge in [-0.05, 0) is 11.6 Å². The fraction of sp³-hybridized carbons (Fsp3) is 0.182. The summed E-state index contributed by atoms with van der Waals surface area (Å²) in [5.41, 5.74) is 0.784. The summed E-state index contributed by atoms with van der Waals surface area (Å²) in [6.45, 7) is 11.1. The molecule has 0 bridgehead atoms. The van der Waals surface area contributed by atoms with Crippen molar-refractivity contribution >= 4 is 6.29 Å². The maximum Gasteiger partial charge on any atom is 0.142 e. The van der Waals surface area contributed by atoms with E-state index in [1.165, 1.54) is 6.08 Å². The second-order valence-corrected chi connectivity index (χ2v) is 1.66. The highest BCUT2D eigenvalue weighted by Gasteiger charge is 1.75. The third kappa shape index (κ3) is 11.4. The van der Waals surface area contributed by atoms with Gasteiger partial charge in [0.15, 0.2) is 0 Å². The van der Waals surface area contributed by atoms with Crippen LogP contribution >= 0.6 is 0 Å². The highest BCUT2D eigenvalue weighted by atomic mass is 16.1. The molecule has 0 aliphatic rings. The second kappa shape index (κ2) is 12.3. The minimum Gasteiger partial charge on any atom is -0.299 e. The predicted octanol–water partition coefficient (Wildman–Crippen LogP) is 3.07. The van der Waals surface area contributed by atoms with Crippen molar-refractivity contribution in [2.24, 2.45) is 0 Å². The van der Waals surface area contributed by atoms with Crippen molar-refractivity contribution in [3.63, 3.8) is 0 Å². The zero-order valence-electron chi connectivity index (χ0n) is 7.79. The number of hydrogen-bond donors (Lipinski definition) is 0. The van der Waals surface area contributed by atoms with E-state index in [0.29, 0.717) is 6.29 Å². The molecule has 0 fully saturated rings. The number of allylic oxidation sites excluding steroid dienone is 6. The van der Waals surface area contributed by atoms with Crippen LogP contribution in [-0.2, 0) is 4.79 Å². The van der Waals surface area contributed by atoms with E-state index >= 15 is 0 Å². The molecule has 0 rings (SSSR count). The molecule has 0 saturated carbocycles. The Hall–Kier alpha value is -1.37. The van der Waals surface area contributed by atoms with Crippen molar-refractivity contribution < 1.29 is 4.79 Å². The summed E-state index contributed by atoms with van der Waals surface area (Å²) in [4.78, 5) is 9.81. The van der Waals surface area contributed by atoms with Crippen molar-refractivity contribution in [3.8, 4) is 0 Å². The zero-order chi connectivity index (χ0) is 9.82. The van der Waals surface area contributed by atoms with Crippen molar-refractivity contribution in [3.05, 3.63) is 49.1 Å². The Bertz CT molecular complexity index is 165. The summed E-state index contributed by atoms with van der Waals surface area (Å²) in [5, 5.41) is 0. The molecule has 0 N–H and O–H groups in total. The van der Waals surface area contributed by atoms with Crippen LogP contribution in [-0.4, -0.2) is 6.29 Å². The molecule has 0 aliphatic heterocycles. The lowest BCUT2D eigenvalue weighted by Crippen LogP contribution is -1.66. The molecule has 1 heteroatoms. The Balaban J connectivity index is 0. The summed E-state index contributed by atoms with van der Waals surface area (Å²) in [6, 6.07) is 0. The van der Waals surface area contributed by atoms with E-state index in [1.807, 2.05) is 13.8 Å². The standard InChI is InChI=1S/C9H10O.C2H6/c1-3-4-6-9(2)7-5-8-10;1-2/h3-8H,1-2H2;1-2H3/b6-4-,7-5+;. The van der Waals surface area contributed by atoms with Gasteiger partial charge in [0.25, 0.3) is 0 Å². The monoisotopic (exact) mass is 164 g/mol. The molecule has 0 spiro atoms. The normalized spacial score (nSPS) is 9.17. The molecule has 1 nitrogen and oxygen atoms in total. The van der Waals surface area contributed by atoms with Gasteiger partial charge in [-0.15, -0.1) is 0 Å². The number of aldehydes is 1. The third-order valence-corrected chi connectivity index (χ3v) is 0.835. The molecule has 0 amide bonds. The molecular weight excluding hydrogens is 148 g/mol. The van der Waals surface area contributed by atoms with Gasteiger partial charge in [0.1, 0.15) is 6.29 Å². The molecule has 0 heterocycles. The highest BCUT2D eigenvalue weighted by molar-refractivity contribution is 5.66. The van der Waals surface area contributed by atoms with E-state index in [-0.39, 0.29) is 0 Å². The van der Waals surface area contributed by atoms with Crippen molar-refractivity contribution in [1.82, 2.24) is 0 Å². The first-order valence-corrected chi connectivity index (χ1v) is 3.91. The maximum atomic E-state index is 9.81. The van der Waals surface area contributed by atoms with Gasteiger partial charge in [-0.25, -0.2) is 0 Å². The molecule has 66 valence electrons. The molecule has 0 unspecified atom stereocenters. The summed E-state index contributed by atoms with van der Waals surface area (Å²) in [7, 11) is 0. The summed E-state index contributed by atoms with van der Waals surface area (Å²) < 4.78 is 0. The zero-order valence-corrected chi connectivity index (χ0v) is 7.79. The molecule has 0 saturated heterocycles. The topological polar surface area (TPSA) is 17.1 Å². The van der Waals surface area contributed by atoms with Crippen molar-refractivity contribution in [2.75, 3.05) is 0 Å². The fourth-order valence-electron chi connectivity index (χ4n) is 0.410. The predicted molar refractivity (Wildman–Crippen MR) is 55.0 cm³/mol. The van der Waals surface area contributed by atoms with Crippen LogP contribution in [0.4, 0.5) is 0 Å². The van der Waals surface area contributed by atoms with Crippen LogP contribution < -0.4 is 0 Å².